The first-order valence-electron chi connectivity index (χ1n) is 9.52. The van der Waals surface area contributed by atoms with Crippen molar-refractivity contribution >= 4 is 11.9 Å². The molecule has 6 heteroatoms. The number of hydrogen-bond acceptors (Lipinski definition) is 3. The topological polar surface area (TPSA) is 79.9 Å². The number of piperidine rings is 1. The molecular weight excluding hydrogens is 328 g/mol. The Bertz CT molecular complexity index is 603. The number of nitrogens with two attached hydrogens (primary N) is 1. The summed E-state index contributed by atoms with van der Waals surface area (Å²) in [4.78, 5) is 17.9. The minimum absolute atomic E-state index is 0.221. The number of ether oxygens (including phenoxy) is 1. The van der Waals surface area contributed by atoms with E-state index in [1.165, 1.54) is 11.1 Å². The maximum Gasteiger partial charge on any atom is 0.217 e. The molecule has 1 fully saturated rings. The summed E-state index contributed by atoms with van der Waals surface area (Å²) >= 11 is 0. The van der Waals surface area contributed by atoms with Crippen LogP contribution in [0.4, 0.5) is 0 Å². The Balaban J connectivity index is 1.93. The van der Waals surface area contributed by atoms with Crippen LogP contribution >= 0.6 is 0 Å². The van der Waals surface area contributed by atoms with Gasteiger partial charge < -0.3 is 20.7 Å². The van der Waals surface area contributed by atoms with Crippen molar-refractivity contribution in [3.8, 4) is 0 Å². The zero-order chi connectivity index (χ0) is 18.8. The second-order valence-corrected chi connectivity index (χ2v) is 6.85. The fourth-order valence-electron chi connectivity index (χ4n) is 3.41. The quantitative estimate of drug-likeness (QED) is 0.423. The Labute approximate surface area is 156 Å². The SMILES string of the molecule is CCCOCc1ccccc1CNC(=NC)N1CCCC(CC(N)=O)C1. The van der Waals surface area contributed by atoms with Crippen LogP contribution < -0.4 is 11.1 Å². The van der Waals surface area contributed by atoms with Crippen LogP contribution in [0.5, 0.6) is 0 Å². The maximum atomic E-state index is 11.2. The molecule has 0 aromatic heterocycles. The number of aliphatic imine (C=N–C) groups is 1. The molecule has 1 amide bonds. The van der Waals surface area contributed by atoms with E-state index in [-0.39, 0.29) is 5.91 Å². The Morgan fingerprint density at radius 2 is 2.15 bits per heavy atom. The molecule has 1 aromatic carbocycles. The third-order valence-corrected chi connectivity index (χ3v) is 4.68. The van der Waals surface area contributed by atoms with Crippen LogP contribution in [0.2, 0.25) is 0 Å². The third-order valence-electron chi connectivity index (χ3n) is 4.68. The summed E-state index contributed by atoms with van der Waals surface area (Å²) in [5.41, 5.74) is 7.78. The van der Waals surface area contributed by atoms with Crippen molar-refractivity contribution in [1.29, 1.82) is 0 Å². The monoisotopic (exact) mass is 360 g/mol. The van der Waals surface area contributed by atoms with Crippen molar-refractivity contribution in [2.24, 2.45) is 16.6 Å². The first-order valence-corrected chi connectivity index (χ1v) is 9.52. The molecule has 26 heavy (non-hydrogen) atoms. The van der Waals surface area contributed by atoms with Crippen molar-refractivity contribution in [3.63, 3.8) is 0 Å². The average molecular weight is 361 g/mol. The van der Waals surface area contributed by atoms with Gasteiger partial charge >= 0.3 is 0 Å². The number of carbonyl (C=O) groups is 1. The molecule has 1 atom stereocenters. The molecule has 2 rings (SSSR count). The first-order chi connectivity index (χ1) is 12.6. The summed E-state index contributed by atoms with van der Waals surface area (Å²) in [7, 11) is 1.80. The van der Waals surface area contributed by atoms with Crippen molar-refractivity contribution < 1.29 is 9.53 Å². The molecule has 0 saturated carbocycles. The third kappa shape index (κ3) is 6.33. The Morgan fingerprint density at radius 1 is 1.38 bits per heavy atom. The predicted molar refractivity (Wildman–Crippen MR) is 105 cm³/mol. The largest absolute Gasteiger partial charge is 0.377 e. The normalized spacial score (nSPS) is 18.0. The highest BCUT2D eigenvalue weighted by Crippen LogP contribution is 2.19. The molecule has 0 bridgehead atoms. The second kappa shape index (κ2) is 10.8. The molecule has 1 aromatic rings. The number of nitrogens with zero attached hydrogens (tertiary/aromatic N) is 2. The van der Waals surface area contributed by atoms with Crippen LogP contribution in [0.1, 0.15) is 43.7 Å². The number of nitrogens with one attached hydrogen (secondary N) is 1. The van der Waals surface area contributed by atoms with Gasteiger partial charge in [0, 0.05) is 39.7 Å². The number of amides is 1. The van der Waals surface area contributed by atoms with Gasteiger partial charge in [-0.05, 0) is 36.3 Å². The summed E-state index contributed by atoms with van der Waals surface area (Å²) in [6.07, 6.45) is 3.58. The van der Waals surface area contributed by atoms with E-state index < -0.39 is 0 Å². The Hall–Kier alpha value is -2.08. The Kier molecular flexibility index (Phi) is 8.41. The van der Waals surface area contributed by atoms with Crippen molar-refractivity contribution in [3.05, 3.63) is 35.4 Å². The van der Waals surface area contributed by atoms with E-state index >= 15 is 0 Å². The molecule has 6 nitrogen and oxygen atoms in total. The van der Waals surface area contributed by atoms with Crippen LogP contribution in [0.3, 0.4) is 0 Å². The minimum Gasteiger partial charge on any atom is -0.377 e. The van der Waals surface area contributed by atoms with E-state index in [0.29, 0.717) is 25.5 Å². The summed E-state index contributed by atoms with van der Waals surface area (Å²) in [6, 6.07) is 8.32. The molecule has 1 heterocycles. The predicted octanol–water partition coefficient (Wildman–Crippen LogP) is 2.28. The van der Waals surface area contributed by atoms with Gasteiger partial charge in [0.1, 0.15) is 0 Å². The van der Waals surface area contributed by atoms with Gasteiger partial charge in [0.2, 0.25) is 5.91 Å². The first kappa shape index (κ1) is 20.2. The van der Waals surface area contributed by atoms with Gasteiger partial charge in [-0.1, -0.05) is 31.2 Å². The summed E-state index contributed by atoms with van der Waals surface area (Å²) < 4.78 is 5.70. The molecular formula is C20H32N4O2. The van der Waals surface area contributed by atoms with Crippen molar-refractivity contribution in [2.45, 2.75) is 45.8 Å². The lowest BCUT2D eigenvalue weighted by molar-refractivity contribution is -0.119. The number of carbonyl (C=O) groups excluding carboxylic acids is 1. The second-order valence-electron chi connectivity index (χ2n) is 6.85. The number of likely N-dealkylation sites (tertiary alicyclic amines) is 1. The van der Waals surface area contributed by atoms with E-state index in [1.807, 2.05) is 12.1 Å². The van der Waals surface area contributed by atoms with Gasteiger partial charge in [-0.3, -0.25) is 9.79 Å². The minimum atomic E-state index is -0.221. The number of primary amides is 1. The van der Waals surface area contributed by atoms with Crippen molar-refractivity contribution in [2.75, 3.05) is 26.7 Å². The molecule has 1 aliphatic heterocycles. The van der Waals surface area contributed by atoms with Gasteiger partial charge in [-0.15, -0.1) is 0 Å². The van der Waals surface area contributed by atoms with Crippen LogP contribution in [0, 0.1) is 5.92 Å². The highest BCUT2D eigenvalue weighted by atomic mass is 16.5. The lowest BCUT2D eigenvalue weighted by Crippen LogP contribution is -2.47. The van der Waals surface area contributed by atoms with Crippen LogP contribution in [-0.4, -0.2) is 43.5 Å². The highest BCUT2D eigenvalue weighted by molar-refractivity contribution is 5.80. The highest BCUT2D eigenvalue weighted by Gasteiger charge is 2.23. The molecule has 144 valence electrons. The fourth-order valence-corrected chi connectivity index (χ4v) is 3.41. The van der Waals surface area contributed by atoms with Gasteiger partial charge in [0.15, 0.2) is 5.96 Å². The van der Waals surface area contributed by atoms with Crippen LogP contribution in [-0.2, 0) is 22.7 Å². The van der Waals surface area contributed by atoms with Gasteiger partial charge in [-0.25, -0.2) is 0 Å². The number of hydrogen-bond donors (Lipinski definition) is 2. The summed E-state index contributed by atoms with van der Waals surface area (Å²) in [5, 5.41) is 3.46. The van der Waals surface area contributed by atoms with E-state index in [2.05, 4.69) is 34.3 Å². The van der Waals surface area contributed by atoms with E-state index in [4.69, 9.17) is 10.5 Å². The van der Waals surface area contributed by atoms with E-state index in [0.717, 1.165) is 44.9 Å². The molecule has 0 radical (unpaired) electrons. The zero-order valence-electron chi connectivity index (χ0n) is 16.0. The van der Waals surface area contributed by atoms with Crippen LogP contribution in [0.25, 0.3) is 0 Å². The molecule has 1 unspecified atom stereocenters. The molecule has 0 aliphatic carbocycles. The van der Waals surface area contributed by atoms with E-state index in [9.17, 15) is 4.79 Å². The van der Waals surface area contributed by atoms with Gasteiger partial charge in [0.05, 0.1) is 6.61 Å². The van der Waals surface area contributed by atoms with Crippen molar-refractivity contribution in [1.82, 2.24) is 10.2 Å². The van der Waals surface area contributed by atoms with E-state index in [1.54, 1.807) is 7.05 Å². The van der Waals surface area contributed by atoms with Gasteiger partial charge in [-0.2, -0.15) is 0 Å². The summed E-state index contributed by atoms with van der Waals surface area (Å²) in [6.45, 7) is 6.00. The standard InChI is InChI=1S/C20H32N4O2/c1-3-11-26-15-18-9-5-4-8-17(18)13-23-20(22-2)24-10-6-7-16(14-24)12-19(21)25/h4-5,8-9,16H,3,6-7,10-15H2,1-2H3,(H2,21,25)(H,22,23). The lowest BCUT2D eigenvalue weighted by atomic mass is 9.95. The van der Waals surface area contributed by atoms with Gasteiger partial charge in [0.25, 0.3) is 0 Å². The molecule has 3 N–H and O–H groups in total. The number of rotatable bonds is 8. The Morgan fingerprint density at radius 3 is 2.85 bits per heavy atom. The molecule has 1 saturated heterocycles. The maximum absolute atomic E-state index is 11.2. The smallest absolute Gasteiger partial charge is 0.217 e. The molecule has 0 spiro atoms. The number of benzene rings is 1. The molecule has 1 aliphatic rings. The lowest BCUT2D eigenvalue weighted by Gasteiger charge is -2.34. The fraction of sp³-hybridized carbons (Fsp3) is 0.600. The summed E-state index contributed by atoms with van der Waals surface area (Å²) in [5.74, 6) is 0.971. The number of guanidine groups is 1. The van der Waals surface area contributed by atoms with Crippen LogP contribution in [0.15, 0.2) is 29.3 Å². The average Bonchev–Trinajstić information content (AvgIpc) is 2.63. The zero-order valence-corrected chi connectivity index (χ0v) is 16.0.